The van der Waals surface area contributed by atoms with E-state index in [1.54, 1.807) is 6.07 Å². The van der Waals surface area contributed by atoms with Crippen LogP contribution in [0.2, 0.25) is 0 Å². The number of rotatable bonds is 4. The van der Waals surface area contributed by atoms with Gasteiger partial charge in [-0.25, -0.2) is 0 Å². The highest BCUT2D eigenvalue weighted by Gasteiger charge is 2.09. The molecule has 6 heteroatoms. The van der Waals surface area contributed by atoms with E-state index in [1.807, 2.05) is 0 Å². The summed E-state index contributed by atoms with van der Waals surface area (Å²) in [6, 6.07) is 5.52. The van der Waals surface area contributed by atoms with Gasteiger partial charge in [0.1, 0.15) is 6.61 Å². The summed E-state index contributed by atoms with van der Waals surface area (Å²) in [6.07, 6.45) is 0. The van der Waals surface area contributed by atoms with Crippen LogP contribution in [-0.4, -0.2) is 19.4 Å². The van der Waals surface area contributed by atoms with E-state index < -0.39 is 10.1 Å². The monoisotopic (exact) mass is 216 g/mol. The van der Waals surface area contributed by atoms with Crippen molar-refractivity contribution in [1.29, 1.82) is 0 Å². The number of carbonyl (C=O) groups excluding carboxylic acids is 1. The lowest BCUT2D eigenvalue weighted by Crippen LogP contribution is -1.99. The molecule has 0 aliphatic carbocycles. The first-order valence-electron chi connectivity index (χ1n) is 3.66. The van der Waals surface area contributed by atoms with Crippen molar-refractivity contribution in [2.24, 2.45) is 0 Å². The predicted molar refractivity (Wildman–Crippen MR) is 47.1 cm³/mol. The lowest BCUT2D eigenvalue weighted by atomic mass is 10.2. The van der Waals surface area contributed by atoms with Crippen molar-refractivity contribution in [2.75, 3.05) is 0 Å². The molecule has 5 nitrogen and oxygen atoms in total. The van der Waals surface area contributed by atoms with Gasteiger partial charge in [-0.1, -0.05) is 12.1 Å². The second kappa shape index (κ2) is 4.21. The number of ether oxygens (including phenoxy) is 1. The average Bonchev–Trinajstić information content (AvgIpc) is 2.14. The number of benzene rings is 1. The first-order chi connectivity index (χ1) is 6.54. The van der Waals surface area contributed by atoms with E-state index in [4.69, 9.17) is 4.55 Å². The van der Waals surface area contributed by atoms with Crippen molar-refractivity contribution in [3.63, 3.8) is 0 Å². The minimum Gasteiger partial charge on any atom is -0.463 e. The van der Waals surface area contributed by atoms with Crippen molar-refractivity contribution >= 4 is 16.6 Å². The fourth-order valence-electron chi connectivity index (χ4n) is 0.926. The molecule has 0 heterocycles. The maximum atomic E-state index is 10.7. The summed E-state index contributed by atoms with van der Waals surface area (Å²) in [6.45, 7) is 0.243. The first-order valence-corrected chi connectivity index (χ1v) is 5.10. The molecule has 1 N–H and O–H groups in total. The SMILES string of the molecule is O=COCc1cccc(S(=O)(=O)O)c1. The standard InChI is InChI=1S/C8H8O5S/c9-6-13-5-7-2-1-3-8(4-7)14(10,11)12/h1-4,6H,5H2,(H,10,11,12). The Morgan fingerprint density at radius 1 is 1.43 bits per heavy atom. The minimum absolute atomic E-state index is 0.0210. The highest BCUT2D eigenvalue weighted by atomic mass is 32.2. The van der Waals surface area contributed by atoms with Gasteiger partial charge in [-0.15, -0.1) is 0 Å². The van der Waals surface area contributed by atoms with Gasteiger partial charge in [-0.3, -0.25) is 9.35 Å². The molecule has 0 saturated heterocycles. The maximum absolute atomic E-state index is 10.7. The van der Waals surface area contributed by atoms with Crippen LogP contribution >= 0.6 is 0 Å². The molecule has 1 rings (SSSR count). The van der Waals surface area contributed by atoms with E-state index in [2.05, 4.69) is 4.74 Å². The number of hydrogen-bond donors (Lipinski definition) is 1. The Balaban J connectivity index is 2.95. The average molecular weight is 216 g/mol. The van der Waals surface area contributed by atoms with Crippen molar-refractivity contribution in [3.05, 3.63) is 29.8 Å². The fraction of sp³-hybridized carbons (Fsp3) is 0.125. The largest absolute Gasteiger partial charge is 0.463 e. The Labute approximate surface area is 81.1 Å². The zero-order valence-electron chi connectivity index (χ0n) is 7.08. The minimum atomic E-state index is -4.19. The van der Waals surface area contributed by atoms with Gasteiger partial charge >= 0.3 is 0 Å². The third kappa shape index (κ3) is 2.82. The fourth-order valence-corrected chi connectivity index (χ4v) is 1.48. The highest BCUT2D eigenvalue weighted by molar-refractivity contribution is 7.85. The Morgan fingerprint density at radius 2 is 2.14 bits per heavy atom. The Hall–Kier alpha value is -1.40. The van der Waals surface area contributed by atoms with E-state index in [1.165, 1.54) is 18.2 Å². The lowest BCUT2D eigenvalue weighted by Gasteiger charge is -2.01. The number of carbonyl (C=O) groups is 1. The lowest BCUT2D eigenvalue weighted by molar-refractivity contribution is -0.129. The topological polar surface area (TPSA) is 80.7 Å². The summed E-state index contributed by atoms with van der Waals surface area (Å²) in [7, 11) is -4.19. The van der Waals surface area contributed by atoms with Crippen molar-refractivity contribution in [3.8, 4) is 0 Å². The van der Waals surface area contributed by atoms with Crippen molar-refractivity contribution in [1.82, 2.24) is 0 Å². The molecule has 0 bridgehead atoms. The van der Waals surface area contributed by atoms with E-state index in [9.17, 15) is 13.2 Å². The molecule has 0 unspecified atom stereocenters. The van der Waals surface area contributed by atoms with Crippen molar-refractivity contribution in [2.45, 2.75) is 11.5 Å². The first kappa shape index (κ1) is 10.7. The summed E-state index contributed by atoms with van der Waals surface area (Å²) < 4.78 is 34.5. The van der Waals surface area contributed by atoms with E-state index in [-0.39, 0.29) is 18.0 Å². The Morgan fingerprint density at radius 3 is 2.71 bits per heavy atom. The van der Waals surface area contributed by atoms with Crippen LogP contribution in [0, 0.1) is 0 Å². The van der Waals surface area contributed by atoms with Gasteiger partial charge in [0.25, 0.3) is 16.6 Å². The van der Waals surface area contributed by atoms with Crippen LogP contribution in [0.3, 0.4) is 0 Å². The second-order valence-electron chi connectivity index (χ2n) is 2.53. The highest BCUT2D eigenvalue weighted by Crippen LogP contribution is 2.11. The predicted octanol–water partition coefficient (Wildman–Crippen LogP) is 0.606. The quantitative estimate of drug-likeness (QED) is 0.589. The zero-order valence-corrected chi connectivity index (χ0v) is 7.90. The summed E-state index contributed by atoms with van der Waals surface area (Å²) >= 11 is 0. The van der Waals surface area contributed by atoms with Gasteiger partial charge in [0.05, 0.1) is 4.90 Å². The molecule has 0 spiro atoms. The molecule has 1 aromatic rings. The number of hydrogen-bond acceptors (Lipinski definition) is 4. The normalized spacial score (nSPS) is 10.9. The molecule has 0 atom stereocenters. The summed E-state index contributed by atoms with van der Waals surface area (Å²) in [4.78, 5) is 9.65. The summed E-state index contributed by atoms with van der Waals surface area (Å²) in [5, 5.41) is 0. The van der Waals surface area contributed by atoms with Crippen LogP contribution in [0.1, 0.15) is 5.56 Å². The molecule has 14 heavy (non-hydrogen) atoms. The molecular formula is C8H8O5S. The Bertz CT molecular complexity index is 423. The van der Waals surface area contributed by atoms with E-state index in [0.717, 1.165) is 0 Å². The molecule has 0 saturated carbocycles. The van der Waals surface area contributed by atoms with Gasteiger partial charge in [0.15, 0.2) is 0 Å². The van der Waals surface area contributed by atoms with Gasteiger partial charge < -0.3 is 4.74 Å². The molecule has 0 fully saturated rings. The van der Waals surface area contributed by atoms with Crippen LogP contribution in [-0.2, 0) is 26.3 Å². The van der Waals surface area contributed by atoms with E-state index in [0.29, 0.717) is 5.56 Å². The molecule has 0 aliphatic heterocycles. The van der Waals surface area contributed by atoms with Gasteiger partial charge in [0.2, 0.25) is 0 Å². The zero-order chi connectivity index (χ0) is 10.6. The molecule has 1 aromatic carbocycles. The van der Waals surface area contributed by atoms with Crippen LogP contribution in [0.15, 0.2) is 29.2 Å². The third-order valence-corrected chi connectivity index (χ3v) is 2.36. The molecule has 0 aliphatic rings. The van der Waals surface area contributed by atoms with Crippen LogP contribution < -0.4 is 0 Å². The van der Waals surface area contributed by atoms with Crippen LogP contribution in [0.25, 0.3) is 0 Å². The van der Waals surface area contributed by atoms with Gasteiger partial charge in [0, 0.05) is 0 Å². The summed E-state index contributed by atoms with van der Waals surface area (Å²) in [5.41, 5.74) is 0.493. The second-order valence-corrected chi connectivity index (χ2v) is 3.95. The molecule has 76 valence electrons. The van der Waals surface area contributed by atoms with Crippen molar-refractivity contribution < 1.29 is 22.5 Å². The van der Waals surface area contributed by atoms with Crippen LogP contribution in [0.5, 0.6) is 0 Å². The molecular weight excluding hydrogens is 208 g/mol. The molecule has 0 radical (unpaired) electrons. The van der Waals surface area contributed by atoms with Gasteiger partial charge in [-0.2, -0.15) is 8.42 Å². The summed E-state index contributed by atoms with van der Waals surface area (Å²) in [5.74, 6) is 0. The smallest absolute Gasteiger partial charge is 0.294 e. The maximum Gasteiger partial charge on any atom is 0.294 e. The molecule has 0 amide bonds. The van der Waals surface area contributed by atoms with Gasteiger partial charge in [-0.05, 0) is 17.7 Å². The molecule has 0 aromatic heterocycles. The third-order valence-electron chi connectivity index (χ3n) is 1.51. The van der Waals surface area contributed by atoms with E-state index >= 15 is 0 Å². The Kier molecular flexibility index (Phi) is 3.21. The van der Waals surface area contributed by atoms with Crippen LogP contribution in [0.4, 0.5) is 0 Å².